The predicted octanol–water partition coefficient (Wildman–Crippen LogP) is 2.70. The minimum atomic E-state index is -1.03. The summed E-state index contributed by atoms with van der Waals surface area (Å²) >= 11 is 7.40. The summed E-state index contributed by atoms with van der Waals surface area (Å²) in [6, 6.07) is 8.66. The number of carbonyl (C=O) groups is 4. The highest BCUT2D eigenvalue weighted by atomic mass is 35.5. The van der Waals surface area contributed by atoms with Gasteiger partial charge in [0, 0.05) is 36.8 Å². The summed E-state index contributed by atoms with van der Waals surface area (Å²) in [5.41, 5.74) is 0.363. The second-order valence-electron chi connectivity index (χ2n) is 7.99. The minimum absolute atomic E-state index is 0.227. The first-order valence-corrected chi connectivity index (χ1v) is 12.9. The maximum Gasteiger partial charge on any atom is 0.329 e. The highest BCUT2D eigenvalue weighted by Gasteiger charge is 2.31. The number of nitrogens with zero attached hydrogens (tertiary/aromatic N) is 2. The van der Waals surface area contributed by atoms with E-state index in [1.807, 2.05) is 6.26 Å². The van der Waals surface area contributed by atoms with Gasteiger partial charge >= 0.3 is 5.97 Å². The number of halogens is 1. The Morgan fingerprint density at radius 2 is 1.74 bits per heavy atom. The fourth-order valence-electron chi connectivity index (χ4n) is 3.58. The van der Waals surface area contributed by atoms with Crippen molar-refractivity contribution in [3.05, 3.63) is 59.0 Å². The molecule has 1 aliphatic heterocycles. The van der Waals surface area contributed by atoms with Gasteiger partial charge in [-0.2, -0.15) is 11.8 Å². The molecule has 0 radical (unpaired) electrons. The molecule has 11 heteroatoms. The average molecular weight is 522 g/mol. The zero-order valence-electron chi connectivity index (χ0n) is 19.6. The molecule has 0 spiro atoms. The highest BCUT2D eigenvalue weighted by Crippen LogP contribution is 2.13. The third kappa shape index (κ3) is 7.25. The van der Waals surface area contributed by atoms with Crippen LogP contribution in [0.2, 0.25) is 5.02 Å². The number of hydrogen-bond donors (Lipinski definition) is 1. The molecule has 1 aromatic carbocycles. The lowest BCUT2D eigenvalue weighted by Crippen LogP contribution is -2.53. The summed E-state index contributed by atoms with van der Waals surface area (Å²) in [7, 11) is 0. The fourth-order valence-corrected chi connectivity index (χ4v) is 4.17. The molecule has 0 aliphatic carbocycles. The van der Waals surface area contributed by atoms with Gasteiger partial charge < -0.3 is 24.3 Å². The van der Waals surface area contributed by atoms with E-state index in [0.29, 0.717) is 48.9 Å². The molecule has 1 aliphatic rings. The molecule has 0 unspecified atom stereocenters. The zero-order chi connectivity index (χ0) is 25.4. The van der Waals surface area contributed by atoms with Crippen molar-refractivity contribution >= 4 is 47.1 Å². The molecule has 3 amide bonds. The molecule has 35 heavy (non-hydrogen) atoms. The quantitative estimate of drug-likeness (QED) is 0.505. The van der Waals surface area contributed by atoms with E-state index in [0.717, 1.165) is 0 Å². The first-order valence-electron chi connectivity index (χ1n) is 11.2. The summed E-state index contributed by atoms with van der Waals surface area (Å²) in [5.74, 6) is -0.807. The topological polar surface area (TPSA) is 109 Å². The number of rotatable bonds is 9. The Kier molecular flexibility index (Phi) is 9.62. The summed E-state index contributed by atoms with van der Waals surface area (Å²) in [6.07, 6.45) is 2.66. The molecule has 188 valence electrons. The van der Waals surface area contributed by atoms with Crippen LogP contribution >= 0.6 is 23.4 Å². The van der Waals surface area contributed by atoms with Gasteiger partial charge in [0.15, 0.2) is 11.9 Å². The first kappa shape index (κ1) is 26.6. The van der Waals surface area contributed by atoms with Gasteiger partial charge in [-0.05, 0) is 61.8 Å². The normalized spacial score (nSPS) is 15.3. The van der Waals surface area contributed by atoms with Crippen molar-refractivity contribution in [1.82, 2.24) is 15.1 Å². The monoisotopic (exact) mass is 521 g/mol. The van der Waals surface area contributed by atoms with Crippen LogP contribution in [-0.2, 0) is 14.3 Å². The van der Waals surface area contributed by atoms with Crippen molar-refractivity contribution in [3.8, 4) is 0 Å². The van der Waals surface area contributed by atoms with Crippen molar-refractivity contribution in [2.24, 2.45) is 0 Å². The lowest BCUT2D eigenvalue weighted by atomic mass is 10.1. The highest BCUT2D eigenvalue weighted by molar-refractivity contribution is 7.98. The van der Waals surface area contributed by atoms with Crippen LogP contribution in [0, 0.1) is 0 Å². The van der Waals surface area contributed by atoms with Gasteiger partial charge in [-0.1, -0.05) is 11.6 Å². The number of ether oxygens (including phenoxy) is 1. The molecule has 1 N–H and O–H groups in total. The molecular weight excluding hydrogens is 494 g/mol. The molecule has 0 bridgehead atoms. The molecule has 3 rings (SSSR count). The van der Waals surface area contributed by atoms with Crippen LogP contribution in [0.15, 0.2) is 47.1 Å². The van der Waals surface area contributed by atoms with Crippen LogP contribution in [-0.4, -0.2) is 83.8 Å². The van der Waals surface area contributed by atoms with Gasteiger partial charge in [0.05, 0.1) is 6.26 Å². The van der Waals surface area contributed by atoms with E-state index in [9.17, 15) is 19.2 Å². The van der Waals surface area contributed by atoms with Gasteiger partial charge in [-0.25, -0.2) is 4.79 Å². The second-order valence-corrected chi connectivity index (χ2v) is 9.41. The Hall–Kier alpha value is -2.98. The number of carbonyl (C=O) groups excluding carboxylic acids is 4. The van der Waals surface area contributed by atoms with Crippen molar-refractivity contribution in [1.29, 1.82) is 0 Å². The Balaban J connectivity index is 1.54. The van der Waals surface area contributed by atoms with Crippen molar-refractivity contribution in [3.63, 3.8) is 0 Å². The summed E-state index contributed by atoms with van der Waals surface area (Å²) in [5, 5.41) is 3.19. The third-order valence-electron chi connectivity index (χ3n) is 5.56. The van der Waals surface area contributed by atoms with Crippen LogP contribution < -0.4 is 5.32 Å². The second kappa shape index (κ2) is 12.6. The molecule has 1 fully saturated rings. The number of esters is 1. The van der Waals surface area contributed by atoms with Crippen LogP contribution in [0.3, 0.4) is 0 Å². The maximum atomic E-state index is 12.9. The largest absolute Gasteiger partial charge is 0.459 e. The Morgan fingerprint density at radius 1 is 1.09 bits per heavy atom. The smallest absolute Gasteiger partial charge is 0.329 e. The van der Waals surface area contributed by atoms with Gasteiger partial charge in [0.2, 0.25) is 0 Å². The number of hydrogen-bond acceptors (Lipinski definition) is 7. The Morgan fingerprint density at radius 3 is 2.34 bits per heavy atom. The molecular formula is C24H28ClN3O6S. The summed E-state index contributed by atoms with van der Waals surface area (Å²) < 4.78 is 10.6. The standard InChI is InChI=1S/C24H28ClN3O6S/c1-16(22(30)27-10-12-28(13-11-27)23(31)20-4-3-14-33-20)34-24(32)19(9-15-35-2)26-21(29)17-5-7-18(25)8-6-17/h3-8,14,16,19H,9-13,15H2,1-2H3,(H,26,29)/t16-,19-/m0/s1. The van der Waals surface area contributed by atoms with Gasteiger partial charge in [0.1, 0.15) is 6.04 Å². The molecule has 2 heterocycles. The van der Waals surface area contributed by atoms with Crippen LogP contribution in [0.1, 0.15) is 34.3 Å². The number of benzene rings is 1. The summed E-state index contributed by atoms with van der Waals surface area (Å²) in [6.45, 7) is 2.83. The van der Waals surface area contributed by atoms with Crippen molar-refractivity contribution in [2.45, 2.75) is 25.5 Å². The lowest BCUT2D eigenvalue weighted by molar-refractivity contribution is -0.161. The predicted molar refractivity (Wildman–Crippen MR) is 132 cm³/mol. The average Bonchev–Trinajstić information content (AvgIpc) is 3.41. The van der Waals surface area contributed by atoms with E-state index >= 15 is 0 Å². The molecule has 1 aromatic heterocycles. The molecule has 2 atom stereocenters. The van der Waals surface area contributed by atoms with E-state index in [-0.39, 0.29) is 17.6 Å². The molecule has 0 saturated carbocycles. The fraction of sp³-hybridized carbons (Fsp3) is 0.417. The van der Waals surface area contributed by atoms with Crippen LogP contribution in [0.5, 0.6) is 0 Å². The number of nitrogens with one attached hydrogen (secondary N) is 1. The Bertz CT molecular complexity index is 1020. The van der Waals surface area contributed by atoms with E-state index in [2.05, 4.69) is 5.32 Å². The SMILES string of the molecule is CSCC[C@H](NC(=O)c1ccc(Cl)cc1)C(=O)O[C@@H](C)C(=O)N1CCN(C(=O)c2ccco2)CC1. The van der Waals surface area contributed by atoms with Crippen LogP contribution in [0.4, 0.5) is 0 Å². The van der Waals surface area contributed by atoms with Crippen LogP contribution in [0.25, 0.3) is 0 Å². The van der Waals surface area contributed by atoms with E-state index in [1.54, 1.807) is 46.2 Å². The lowest BCUT2D eigenvalue weighted by Gasteiger charge is -2.35. The molecule has 9 nitrogen and oxygen atoms in total. The molecule has 1 saturated heterocycles. The summed E-state index contributed by atoms with van der Waals surface area (Å²) in [4.78, 5) is 53.9. The Labute approximate surface area is 213 Å². The number of furan rings is 1. The third-order valence-corrected chi connectivity index (χ3v) is 6.45. The van der Waals surface area contributed by atoms with Gasteiger partial charge in [-0.3, -0.25) is 14.4 Å². The number of amides is 3. The van der Waals surface area contributed by atoms with Crippen molar-refractivity contribution in [2.75, 3.05) is 38.2 Å². The molecule has 2 aromatic rings. The first-order chi connectivity index (χ1) is 16.8. The van der Waals surface area contributed by atoms with E-state index < -0.39 is 24.0 Å². The minimum Gasteiger partial charge on any atom is -0.459 e. The maximum absolute atomic E-state index is 12.9. The number of thioether (sulfide) groups is 1. The van der Waals surface area contributed by atoms with Gasteiger partial charge in [-0.15, -0.1) is 0 Å². The van der Waals surface area contributed by atoms with E-state index in [4.69, 9.17) is 20.8 Å². The van der Waals surface area contributed by atoms with E-state index in [1.165, 1.54) is 24.9 Å². The number of piperazine rings is 1. The van der Waals surface area contributed by atoms with Crippen molar-refractivity contribution < 1.29 is 28.3 Å². The van der Waals surface area contributed by atoms with Gasteiger partial charge in [0.25, 0.3) is 17.7 Å². The zero-order valence-corrected chi connectivity index (χ0v) is 21.1.